The number of hydrogen-bond acceptors (Lipinski definition) is 5. The molecule has 174 valence electrons. The van der Waals surface area contributed by atoms with Crippen molar-refractivity contribution in [2.45, 2.75) is 51.1 Å². The average molecular weight is 474 g/mol. The van der Waals surface area contributed by atoms with Gasteiger partial charge in [-0.2, -0.15) is 13.2 Å². The largest absolute Gasteiger partial charge is 0.392 e. The van der Waals surface area contributed by atoms with Crippen molar-refractivity contribution in [2.24, 2.45) is 0 Å². The van der Waals surface area contributed by atoms with Crippen molar-refractivity contribution in [1.29, 1.82) is 0 Å². The summed E-state index contributed by atoms with van der Waals surface area (Å²) in [6.07, 6.45) is -5.89. The molecule has 0 atom stereocenters. The molecule has 3 rings (SSSR count). The van der Waals surface area contributed by atoms with Gasteiger partial charge in [-0.25, -0.2) is 4.98 Å². The van der Waals surface area contributed by atoms with Crippen LogP contribution in [0.5, 0.6) is 0 Å². The number of carbonyl (C=O) groups excluding carboxylic acids is 1. The summed E-state index contributed by atoms with van der Waals surface area (Å²) in [4.78, 5) is 31.1. The van der Waals surface area contributed by atoms with Gasteiger partial charge in [-0.3, -0.25) is 14.2 Å². The van der Waals surface area contributed by atoms with Crippen LogP contribution in [-0.4, -0.2) is 55.4 Å². The minimum Gasteiger partial charge on any atom is -0.392 e. The maximum atomic E-state index is 12.8. The monoisotopic (exact) mass is 473 g/mol. The minimum atomic E-state index is -4.36. The molecule has 7 nitrogen and oxygen atoms in total. The lowest BCUT2D eigenvalue weighted by molar-refractivity contribution is -0.153. The maximum absolute atomic E-state index is 12.8. The van der Waals surface area contributed by atoms with Gasteiger partial charge in [0.05, 0.1) is 31.0 Å². The lowest BCUT2D eigenvalue weighted by Gasteiger charge is -2.44. The molecule has 0 spiro atoms. The zero-order chi connectivity index (χ0) is 23.7. The molecule has 0 aliphatic carbocycles. The zero-order valence-electron chi connectivity index (χ0n) is 17.3. The summed E-state index contributed by atoms with van der Waals surface area (Å²) in [7, 11) is 0. The topological polar surface area (TPSA) is 95.7 Å². The number of aliphatic hydroxyl groups is 2. The van der Waals surface area contributed by atoms with E-state index in [2.05, 4.69) is 4.98 Å². The van der Waals surface area contributed by atoms with Gasteiger partial charge in [0.2, 0.25) is 5.91 Å². The highest BCUT2D eigenvalue weighted by atomic mass is 35.5. The van der Waals surface area contributed by atoms with Crippen LogP contribution in [0.25, 0.3) is 11.3 Å². The van der Waals surface area contributed by atoms with E-state index in [9.17, 15) is 33.0 Å². The standard InChI is InChI=1S/C21H23ClF3N3O4/c1-20(32)11-27(12-20)19(31)9-28-17(3-2-6-21(23,24)25)26-16(8-18(28)30)15-5-4-14(22)7-13(15)10-29/h4-5,7-8,29,32H,2-3,6,9-12H2,1H3. The summed E-state index contributed by atoms with van der Waals surface area (Å²) in [5.74, 6) is -0.399. The molecule has 1 amide bonds. The number of aryl methyl sites for hydroxylation is 1. The summed E-state index contributed by atoms with van der Waals surface area (Å²) in [5, 5.41) is 19.8. The lowest BCUT2D eigenvalue weighted by Crippen LogP contribution is -2.62. The van der Waals surface area contributed by atoms with Gasteiger partial charge in [0.25, 0.3) is 5.56 Å². The van der Waals surface area contributed by atoms with Crippen LogP contribution in [0.1, 0.15) is 31.2 Å². The molecule has 1 saturated heterocycles. The summed E-state index contributed by atoms with van der Waals surface area (Å²) in [6.45, 7) is 1.03. The third-order valence-corrected chi connectivity index (χ3v) is 5.41. The number of hydrogen-bond donors (Lipinski definition) is 2. The third kappa shape index (κ3) is 5.87. The predicted molar refractivity (Wildman–Crippen MR) is 111 cm³/mol. The summed E-state index contributed by atoms with van der Waals surface area (Å²) in [5.41, 5.74) is -0.594. The first-order chi connectivity index (χ1) is 14.9. The molecule has 2 N–H and O–H groups in total. The van der Waals surface area contributed by atoms with Crippen LogP contribution in [0.15, 0.2) is 29.1 Å². The Morgan fingerprint density at radius 1 is 1.28 bits per heavy atom. The van der Waals surface area contributed by atoms with Gasteiger partial charge in [0.15, 0.2) is 0 Å². The summed E-state index contributed by atoms with van der Waals surface area (Å²) in [6, 6.07) is 5.79. The van der Waals surface area contributed by atoms with Crippen molar-refractivity contribution in [3.63, 3.8) is 0 Å². The minimum absolute atomic E-state index is 0.0382. The maximum Gasteiger partial charge on any atom is 0.389 e. The number of alkyl halides is 3. The second-order valence-electron chi connectivity index (χ2n) is 8.16. The van der Waals surface area contributed by atoms with Gasteiger partial charge in [-0.15, -0.1) is 0 Å². The summed E-state index contributed by atoms with van der Waals surface area (Å²) < 4.78 is 39.0. The fraction of sp³-hybridized carbons (Fsp3) is 0.476. The molecule has 11 heteroatoms. The molecule has 2 heterocycles. The molecule has 32 heavy (non-hydrogen) atoms. The van der Waals surface area contributed by atoms with Crippen molar-refractivity contribution in [3.05, 3.63) is 51.0 Å². The van der Waals surface area contributed by atoms with Crippen LogP contribution in [-0.2, 0) is 24.4 Å². The Morgan fingerprint density at radius 3 is 2.56 bits per heavy atom. The molecule has 2 aromatic rings. The highest BCUT2D eigenvalue weighted by Crippen LogP contribution is 2.26. The highest BCUT2D eigenvalue weighted by molar-refractivity contribution is 6.30. The Labute approximate surface area is 187 Å². The molecule has 0 bridgehead atoms. The number of benzene rings is 1. The number of aromatic nitrogens is 2. The van der Waals surface area contributed by atoms with Crippen molar-refractivity contribution in [1.82, 2.24) is 14.5 Å². The third-order valence-electron chi connectivity index (χ3n) is 5.17. The molecule has 1 aromatic heterocycles. The Kier molecular flexibility index (Phi) is 6.97. The fourth-order valence-electron chi connectivity index (χ4n) is 3.63. The van der Waals surface area contributed by atoms with Gasteiger partial charge in [0, 0.05) is 29.5 Å². The predicted octanol–water partition coefficient (Wildman–Crippen LogP) is 2.53. The Morgan fingerprint density at radius 2 is 1.97 bits per heavy atom. The molecule has 0 unspecified atom stereocenters. The lowest BCUT2D eigenvalue weighted by atomic mass is 9.97. The van der Waals surface area contributed by atoms with Crippen molar-refractivity contribution in [3.8, 4) is 11.3 Å². The van der Waals surface area contributed by atoms with Gasteiger partial charge in [-0.05, 0) is 31.0 Å². The van der Waals surface area contributed by atoms with Gasteiger partial charge >= 0.3 is 6.18 Å². The van der Waals surface area contributed by atoms with E-state index in [1.165, 1.54) is 17.0 Å². The van der Waals surface area contributed by atoms with E-state index in [4.69, 9.17) is 11.6 Å². The first-order valence-electron chi connectivity index (χ1n) is 9.96. The number of β-amino-alcohol motifs (C(OH)–C–C–N with tert-alkyl or cyclic N) is 1. The van der Waals surface area contributed by atoms with Crippen LogP contribution in [0, 0.1) is 0 Å². The molecule has 1 aromatic carbocycles. The quantitative estimate of drug-likeness (QED) is 0.644. The SMILES string of the molecule is CC1(O)CN(C(=O)Cn2c(CCCC(F)(F)F)nc(-c3ccc(Cl)cc3CO)cc2=O)C1. The van der Waals surface area contributed by atoms with E-state index in [0.717, 1.165) is 4.57 Å². The van der Waals surface area contributed by atoms with Gasteiger partial charge in [-0.1, -0.05) is 17.7 Å². The van der Waals surface area contributed by atoms with Crippen LogP contribution in [0.2, 0.25) is 5.02 Å². The fourth-order valence-corrected chi connectivity index (χ4v) is 3.82. The van der Waals surface area contributed by atoms with Crippen molar-refractivity contribution in [2.75, 3.05) is 13.1 Å². The van der Waals surface area contributed by atoms with E-state index in [-0.39, 0.29) is 44.1 Å². The molecule has 1 aliphatic heterocycles. The van der Waals surface area contributed by atoms with Crippen LogP contribution < -0.4 is 5.56 Å². The van der Waals surface area contributed by atoms with Gasteiger partial charge in [0.1, 0.15) is 12.4 Å². The zero-order valence-corrected chi connectivity index (χ0v) is 18.1. The highest BCUT2D eigenvalue weighted by Gasteiger charge is 2.39. The molecule has 1 fully saturated rings. The number of nitrogens with zero attached hydrogens (tertiary/aromatic N) is 3. The molecule has 0 saturated carbocycles. The molecule has 0 radical (unpaired) electrons. The van der Waals surface area contributed by atoms with Crippen molar-refractivity contribution < 1.29 is 28.2 Å². The van der Waals surface area contributed by atoms with E-state index in [1.54, 1.807) is 19.1 Å². The Bertz CT molecular complexity index is 1060. The number of likely N-dealkylation sites (tertiary alicyclic amines) is 1. The first kappa shape index (κ1) is 24.2. The molecular formula is C21H23ClF3N3O4. The van der Waals surface area contributed by atoms with E-state index >= 15 is 0 Å². The average Bonchev–Trinajstić information content (AvgIpc) is 2.67. The van der Waals surface area contributed by atoms with Crippen LogP contribution >= 0.6 is 11.6 Å². The van der Waals surface area contributed by atoms with Crippen molar-refractivity contribution >= 4 is 17.5 Å². The summed E-state index contributed by atoms with van der Waals surface area (Å²) >= 11 is 5.94. The molecule has 1 aliphatic rings. The normalized spacial score (nSPS) is 15.5. The Balaban J connectivity index is 1.95. The first-order valence-corrected chi connectivity index (χ1v) is 10.3. The molecular weight excluding hydrogens is 451 g/mol. The number of halogens is 4. The second-order valence-corrected chi connectivity index (χ2v) is 8.59. The van der Waals surface area contributed by atoms with Crippen LogP contribution in [0.3, 0.4) is 0 Å². The van der Waals surface area contributed by atoms with Crippen LogP contribution in [0.4, 0.5) is 13.2 Å². The van der Waals surface area contributed by atoms with E-state index in [1.807, 2.05) is 0 Å². The number of rotatable bonds is 7. The van der Waals surface area contributed by atoms with Gasteiger partial charge < -0.3 is 15.1 Å². The number of carbonyl (C=O) groups is 1. The number of amides is 1. The Hall–Kier alpha value is -2.43. The number of aliphatic hydroxyl groups excluding tert-OH is 1. The smallest absolute Gasteiger partial charge is 0.389 e. The van der Waals surface area contributed by atoms with E-state index in [0.29, 0.717) is 16.1 Å². The van der Waals surface area contributed by atoms with E-state index < -0.39 is 36.2 Å². The second kappa shape index (κ2) is 9.21.